The molecule has 3 aliphatic rings. The van der Waals surface area contributed by atoms with Crippen molar-refractivity contribution >= 4 is 22.5 Å². The molecule has 3 fully saturated rings. The number of alkyl halides is 2. The van der Waals surface area contributed by atoms with Gasteiger partial charge in [-0.15, -0.1) is 0 Å². The molecule has 0 unspecified atom stereocenters. The predicted molar refractivity (Wildman–Crippen MR) is 139 cm³/mol. The Hall–Kier alpha value is -3.48. The van der Waals surface area contributed by atoms with Gasteiger partial charge in [0.15, 0.2) is 0 Å². The van der Waals surface area contributed by atoms with Crippen LogP contribution in [0.5, 0.6) is 0 Å². The molecule has 5 heterocycles. The smallest absolute Gasteiger partial charge is 0.281 e. The highest BCUT2D eigenvalue weighted by atomic mass is 19.3. The molecule has 7 nitrogen and oxygen atoms in total. The van der Waals surface area contributed by atoms with E-state index in [-0.39, 0.29) is 28.3 Å². The Labute approximate surface area is 220 Å². The maximum absolute atomic E-state index is 13.7. The van der Waals surface area contributed by atoms with Crippen LogP contribution in [0, 0.1) is 23.2 Å². The predicted octanol–water partition coefficient (Wildman–Crippen LogP) is 4.54. The lowest BCUT2D eigenvalue weighted by Crippen LogP contribution is -2.21. The first-order valence-corrected chi connectivity index (χ1v) is 13.0. The topological polar surface area (TPSA) is 80.2 Å². The van der Waals surface area contributed by atoms with Crippen molar-refractivity contribution in [2.75, 3.05) is 38.7 Å². The second-order valence-electron chi connectivity index (χ2n) is 10.7. The first-order valence-electron chi connectivity index (χ1n) is 13.0. The summed E-state index contributed by atoms with van der Waals surface area (Å²) < 4.78 is 32.8. The van der Waals surface area contributed by atoms with Gasteiger partial charge in [0.05, 0.1) is 5.56 Å². The molecule has 38 heavy (non-hydrogen) atoms. The Bertz CT molecular complexity index is 1430. The Kier molecular flexibility index (Phi) is 6.54. The van der Waals surface area contributed by atoms with Gasteiger partial charge >= 0.3 is 0 Å². The monoisotopic (exact) mass is 517 g/mol. The summed E-state index contributed by atoms with van der Waals surface area (Å²) >= 11 is 0. The minimum Gasteiger partial charge on any atom is -0.381 e. The molecule has 9 heteroatoms. The summed E-state index contributed by atoms with van der Waals surface area (Å²) in [5, 5.41) is 3.59. The molecule has 2 aliphatic heterocycles. The van der Waals surface area contributed by atoms with Gasteiger partial charge in [0.2, 0.25) is 5.91 Å². The van der Waals surface area contributed by atoms with Crippen molar-refractivity contribution in [2.24, 2.45) is 11.3 Å². The second kappa shape index (κ2) is 10.0. The third kappa shape index (κ3) is 4.86. The lowest BCUT2D eigenvalue weighted by molar-refractivity contribution is -0.118. The van der Waals surface area contributed by atoms with Crippen LogP contribution in [-0.4, -0.2) is 59.1 Å². The van der Waals surface area contributed by atoms with Gasteiger partial charge in [-0.3, -0.25) is 9.78 Å². The number of nitrogens with zero attached hydrogens (tertiary/aromatic N) is 4. The largest absolute Gasteiger partial charge is 0.381 e. The Morgan fingerprint density at radius 3 is 2.68 bits per heavy atom. The Morgan fingerprint density at radius 1 is 1.13 bits per heavy atom. The zero-order valence-electron chi connectivity index (χ0n) is 21.2. The molecule has 1 N–H and O–H groups in total. The van der Waals surface area contributed by atoms with Gasteiger partial charge in [0.1, 0.15) is 17.2 Å². The fourth-order valence-corrected chi connectivity index (χ4v) is 5.87. The third-order valence-corrected chi connectivity index (χ3v) is 8.15. The van der Waals surface area contributed by atoms with Crippen LogP contribution in [-0.2, 0) is 9.53 Å². The van der Waals surface area contributed by atoms with Crippen LogP contribution in [0.25, 0.3) is 10.8 Å². The number of halogens is 2. The first kappa shape index (κ1) is 24.8. The molecule has 196 valence electrons. The number of fused-ring (bicyclic) bond motifs is 1. The number of nitrogens with one attached hydrogen (secondary N) is 1. The number of hydrogen-bond acceptors (Lipinski definition) is 6. The molecule has 3 aromatic rings. The normalized spacial score (nSPS) is 23.5. The molecule has 2 saturated heterocycles. The van der Waals surface area contributed by atoms with E-state index in [1.54, 1.807) is 6.07 Å². The molecule has 1 aliphatic carbocycles. The number of likely N-dealkylation sites (tertiary alicyclic amines) is 1. The fourth-order valence-electron chi connectivity index (χ4n) is 5.87. The maximum atomic E-state index is 13.7. The molecule has 0 radical (unpaired) electrons. The Morgan fingerprint density at radius 2 is 1.97 bits per heavy atom. The number of amides is 1. The summed E-state index contributed by atoms with van der Waals surface area (Å²) in [6, 6.07) is 5.52. The SMILES string of the molecule is CN1CC[C@@]2(C[C@@H]2C(=O)Nc2cc3c(C#Cc4ccc(C5CCOCC5)cn4)cnc(C(F)F)c3cn2)C1. The van der Waals surface area contributed by atoms with E-state index in [4.69, 9.17) is 4.74 Å². The van der Waals surface area contributed by atoms with Crippen molar-refractivity contribution in [3.8, 4) is 11.8 Å². The van der Waals surface area contributed by atoms with Gasteiger partial charge in [-0.2, -0.15) is 0 Å². The van der Waals surface area contributed by atoms with Gasteiger partial charge < -0.3 is 15.0 Å². The summed E-state index contributed by atoms with van der Waals surface area (Å²) in [7, 11) is 2.07. The van der Waals surface area contributed by atoms with Gasteiger partial charge in [-0.1, -0.05) is 12.0 Å². The van der Waals surface area contributed by atoms with E-state index in [1.807, 2.05) is 18.3 Å². The van der Waals surface area contributed by atoms with Crippen molar-refractivity contribution in [3.63, 3.8) is 0 Å². The molecule has 3 aromatic heterocycles. The molecule has 0 aromatic carbocycles. The van der Waals surface area contributed by atoms with Crippen molar-refractivity contribution in [1.82, 2.24) is 19.9 Å². The molecule has 6 rings (SSSR count). The minimum atomic E-state index is -2.76. The van der Waals surface area contributed by atoms with Gasteiger partial charge in [-0.25, -0.2) is 18.7 Å². The lowest BCUT2D eigenvalue weighted by Gasteiger charge is -2.21. The number of aromatic nitrogens is 3. The number of carbonyl (C=O) groups is 1. The molecule has 2 atom stereocenters. The van der Waals surface area contributed by atoms with E-state index in [0.717, 1.165) is 52.0 Å². The van der Waals surface area contributed by atoms with E-state index < -0.39 is 6.43 Å². The summed E-state index contributed by atoms with van der Waals surface area (Å²) in [6.07, 6.45) is 5.62. The quantitative estimate of drug-likeness (QED) is 0.512. The molecule has 1 spiro atoms. The van der Waals surface area contributed by atoms with Gasteiger partial charge in [0, 0.05) is 55.0 Å². The average Bonchev–Trinajstić information content (AvgIpc) is 3.52. The number of ether oxygens (including phenoxy) is 1. The van der Waals surface area contributed by atoms with Crippen molar-refractivity contribution in [3.05, 3.63) is 59.3 Å². The summed E-state index contributed by atoms with van der Waals surface area (Å²) in [6.45, 7) is 3.44. The highest BCUT2D eigenvalue weighted by Crippen LogP contribution is 2.58. The molecular formula is C29H29F2N5O2. The van der Waals surface area contributed by atoms with E-state index in [1.165, 1.54) is 18.0 Å². The van der Waals surface area contributed by atoms with Crippen LogP contribution in [0.1, 0.15) is 60.5 Å². The Balaban J connectivity index is 1.25. The zero-order valence-corrected chi connectivity index (χ0v) is 21.2. The summed E-state index contributed by atoms with van der Waals surface area (Å²) in [5.74, 6) is 6.72. The second-order valence-corrected chi connectivity index (χ2v) is 10.7. The van der Waals surface area contributed by atoms with Crippen LogP contribution in [0.4, 0.5) is 14.6 Å². The van der Waals surface area contributed by atoms with Crippen LogP contribution in [0.2, 0.25) is 0 Å². The zero-order chi connectivity index (χ0) is 26.3. The average molecular weight is 518 g/mol. The van der Waals surface area contributed by atoms with Crippen LogP contribution in [0.3, 0.4) is 0 Å². The fraction of sp³-hybridized carbons (Fsp3) is 0.448. The number of pyridine rings is 3. The number of rotatable bonds is 4. The van der Waals surface area contributed by atoms with Crippen LogP contribution >= 0.6 is 0 Å². The minimum absolute atomic E-state index is 0.0477. The van der Waals surface area contributed by atoms with Crippen molar-refractivity contribution in [2.45, 2.75) is 38.0 Å². The van der Waals surface area contributed by atoms with Gasteiger partial charge in [0.25, 0.3) is 6.43 Å². The molecule has 1 saturated carbocycles. The maximum Gasteiger partial charge on any atom is 0.281 e. The summed E-state index contributed by atoms with van der Waals surface area (Å²) in [5.41, 5.74) is 1.92. The van der Waals surface area contributed by atoms with Gasteiger partial charge in [-0.05, 0) is 74.2 Å². The number of hydrogen-bond donors (Lipinski definition) is 1. The van der Waals surface area contributed by atoms with Crippen LogP contribution < -0.4 is 5.32 Å². The van der Waals surface area contributed by atoms with E-state index in [9.17, 15) is 13.6 Å². The number of anilines is 1. The van der Waals surface area contributed by atoms with Crippen molar-refractivity contribution < 1.29 is 18.3 Å². The lowest BCUT2D eigenvalue weighted by atomic mass is 9.93. The summed E-state index contributed by atoms with van der Waals surface area (Å²) in [4.78, 5) is 27.9. The van der Waals surface area contributed by atoms with E-state index in [0.29, 0.717) is 28.4 Å². The third-order valence-electron chi connectivity index (χ3n) is 8.15. The first-order chi connectivity index (χ1) is 18.4. The molecular weight excluding hydrogens is 488 g/mol. The number of carbonyl (C=O) groups excluding carboxylic acids is 1. The molecule has 0 bridgehead atoms. The van der Waals surface area contributed by atoms with Crippen molar-refractivity contribution in [1.29, 1.82) is 0 Å². The van der Waals surface area contributed by atoms with E-state index >= 15 is 0 Å². The highest BCUT2D eigenvalue weighted by molar-refractivity contribution is 5.97. The molecule has 1 amide bonds. The standard InChI is InChI=1S/C29H29F2N5O2/c1-36-9-8-29(17-36)13-24(29)28(37)35-25-12-22-20(15-34-26(27(30)31)23(22)16-33-25)3-5-21-4-2-19(14-32-21)18-6-10-38-11-7-18/h2,4,12,14-16,18,24,27H,6-11,13,17H2,1H3,(H,33,35,37)/t24-,29-/m1/s1. The van der Waals surface area contributed by atoms with E-state index in [2.05, 4.69) is 44.1 Å². The van der Waals surface area contributed by atoms with Crippen LogP contribution in [0.15, 0.2) is 36.8 Å². The highest BCUT2D eigenvalue weighted by Gasteiger charge is 2.60.